The minimum Gasteiger partial charge on any atom is -0.465 e. The van der Waals surface area contributed by atoms with Crippen molar-refractivity contribution in [1.29, 1.82) is 0 Å². The van der Waals surface area contributed by atoms with Crippen molar-refractivity contribution in [2.24, 2.45) is 0 Å². The fourth-order valence-corrected chi connectivity index (χ4v) is 1.40. The molecule has 0 fully saturated rings. The molecule has 0 spiro atoms. The van der Waals surface area contributed by atoms with Crippen LogP contribution in [0.1, 0.15) is 13.3 Å². The summed E-state index contributed by atoms with van der Waals surface area (Å²) in [6, 6.07) is 0. The van der Waals surface area contributed by atoms with E-state index < -0.39 is 53.3 Å². The number of hydrogen-bond acceptors (Lipinski definition) is 4. The second-order valence-corrected chi connectivity index (χ2v) is 4.84. The van der Waals surface area contributed by atoms with Gasteiger partial charge in [-0.2, -0.15) is 39.5 Å². The van der Waals surface area contributed by atoms with Gasteiger partial charge in [0.25, 0.3) is 0 Å². The minimum atomic E-state index is -7.27. The van der Waals surface area contributed by atoms with E-state index in [1.807, 2.05) is 0 Å². The van der Waals surface area contributed by atoms with E-state index in [1.54, 1.807) is 0 Å². The number of halogens is 10. The largest absolute Gasteiger partial charge is 0.465 e. The zero-order chi connectivity index (χ0) is 20.4. The Morgan fingerprint density at radius 3 is 1.72 bits per heavy atom. The third kappa shape index (κ3) is 4.36. The van der Waals surface area contributed by atoms with Crippen molar-refractivity contribution in [2.75, 3.05) is 6.61 Å². The molecule has 0 aliphatic rings. The molecule has 0 aromatic carbocycles. The number of esters is 1. The molecule has 0 aliphatic carbocycles. The van der Waals surface area contributed by atoms with E-state index in [9.17, 15) is 53.9 Å². The molecule has 0 aromatic rings. The van der Waals surface area contributed by atoms with Crippen molar-refractivity contribution < 1.29 is 58.6 Å². The summed E-state index contributed by atoms with van der Waals surface area (Å²) in [4.78, 5) is 33.3. The van der Waals surface area contributed by atoms with Crippen LogP contribution in [0.2, 0.25) is 0 Å². The Morgan fingerprint density at radius 1 is 0.920 bits per heavy atom. The van der Waals surface area contributed by atoms with Gasteiger partial charge in [0, 0.05) is 0 Å². The van der Waals surface area contributed by atoms with Crippen LogP contribution in [0, 0.1) is 0 Å². The molecule has 4 nitrogen and oxygen atoms in total. The Balaban J connectivity index is 5.49. The molecule has 0 radical (unpaired) electrons. The lowest BCUT2D eigenvalue weighted by molar-refractivity contribution is -0.388. The lowest BCUT2D eigenvalue weighted by Gasteiger charge is -2.32. The van der Waals surface area contributed by atoms with Gasteiger partial charge in [-0.05, 0) is 6.92 Å². The number of Topliss-reactive ketones (excluding diaryl/α,β-unsaturated/α-hetero) is 2. The van der Waals surface area contributed by atoms with Crippen LogP contribution in [-0.4, -0.2) is 53.5 Å². The van der Waals surface area contributed by atoms with Gasteiger partial charge >= 0.3 is 29.9 Å². The summed E-state index contributed by atoms with van der Waals surface area (Å²) >= 11 is 5.09. The standard InChI is InChI=1S/C11H8ClF9O4/c1-2-25-7(24)6(12)4(22)3-5(23)8(13,14)9(15,16)10(17,18)11(19,20)21/h6H,2-3H2,1H3. The summed E-state index contributed by atoms with van der Waals surface area (Å²) in [6.07, 6.45) is -9.41. The van der Waals surface area contributed by atoms with Crippen LogP contribution in [0.25, 0.3) is 0 Å². The number of hydrogen-bond donors (Lipinski definition) is 0. The second-order valence-electron chi connectivity index (χ2n) is 4.40. The quantitative estimate of drug-likeness (QED) is 0.267. The molecule has 0 aliphatic heterocycles. The molecule has 0 saturated heterocycles. The molecule has 146 valence electrons. The Bertz CT molecular complexity index is 544. The van der Waals surface area contributed by atoms with Gasteiger partial charge in [0.05, 0.1) is 13.0 Å². The monoisotopic (exact) mass is 410 g/mol. The van der Waals surface area contributed by atoms with E-state index in [1.165, 1.54) is 6.92 Å². The SMILES string of the molecule is CCOC(=O)C(Cl)C(=O)CC(=O)C(F)(F)C(F)(F)C(F)(F)C(F)(F)F. The van der Waals surface area contributed by atoms with Crippen molar-refractivity contribution >= 4 is 29.1 Å². The summed E-state index contributed by atoms with van der Waals surface area (Å²) in [5.41, 5.74) is 0. The highest BCUT2D eigenvalue weighted by molar-refractivity contribution is 6.42. The fraction of sp³-hybridized carbons (Fsp3) is 0.727. The molecule has 0 rings (SSSR count). The first-order valence-corrected chi connectivity index (χ1v) is 6.45. The molecule has 0 amide bonds. The topological polar surface area (TPSA) is 60.4 Å². The van der Waals surface area contributed by atoms with E-state index >= 15 is 0 Å². The van der Waals surface area contributed by atoms with Crippen molar-refractivity contribution in [3.8, 4) is 0 Å². The minimum absolute atomic E-state index is 0.352. The van der Waals surface area contributed by atoms with Crippen LogP contribution in [0.15, 0.2) is 0 Å². The van der Waals surface area contributed by atoms with Crippen molar-refractivity contribution in [1.82, 2.24) is 0 Å². The third-order valence-electron chi connectivity index (χ3n) is 2.61. The van der Waals surface area contributed by atoms with Gasteiger partial charge in [-0.1, -0.05) is 0 Å². The summed E-state index contributed by atoms with van der Waals surface area (Å²) in [6.45, 7) is 0.875. The van der Waals surface area contributed by atoms with Gasteiger partial charge in [-0.3, -0.25) is 9.59 Å². The number of rotatable bonds is 8. The third-order valence-corrected chi connectivity index (χ3v) is 3.03. The zero-order valence-electron chi connectivity index (χ0n) is 11.9. The van der Waals surface area contributed by atoms with Crippen molar-refractivity contribution in [3.05, 3.63) is 0 Å². The van der Waals surface area contributed by atoms with Gasteiger partial charge in [0.2, 0.25) is 5.78 Å². The van der Waals surface area contributed by atoms with Gasteiger partial charge < -0.3 is 4.74 Å². The van der Waals surface area contributed by atoms with Gasteiger partial charge in [0.1, 0.15) is 0 Å². The van der Waals surface area contributed by atoms with E-state index in [-0.39, 0.29) is 6.61 Å². The molecular formula is C11H8ClF9O4. The maximum Gasteiger partial charge on any atom is 0.460 e. The predicted octanol–water partition coefficient (Wildman–Crippen LogP) is 3.15. The molecule has 0 bridgehead atoms. The van der Waals surface area contributed by atoms with Gasteiger partial charge in [0.15, 0.2) is 11.2 Å². The lowest BCUT2D eigenvalue weighted by Crippen LogP contribution is -2.63. The van der Waals surface area contributed by atoms with Crippen LogP contribution < -0.4 is 0 Å². The smallest absolute Gasteiger partial charge is 0.460 e. The highest BCUT2D eigenvalue weighted by atomic mass is 35.5. The Morgan fingerprint density at radius 2 is 1.36 bits per heavy atom. The van der Waals surface area contributed by atoms with Crippen LogP contribution in [0.5, 0.6) is 0 Å². The summed E-state index contributed by atoms with van der Waals surface area (Å²) in [5, 5.41) is -2.42. The second kappa shape index (κ2) is 7.38. The average Bonchev–Trinajstić information content (AvgIpc) is 2.44. The predicted molar refractivity (Wildman–Crippen MR) is 61.8 cm³/mol. The molecule has 0 N–H and O–H groups in total. The number of carbonyl (C=O) groups is 3. The fourth-order valence-electron chi connectivity index (χ4n) is 1.26. The Labute approximate surface area is 138 Å². The maximum atomic E-state index is 13.2. The Hall–Kier alpha value is -1.53. The van der Waals surface area contributed by atoms with Crippen LogP contribution in [0.4, 0.5) is 39.5 Å². The van der Waals surface area contributed by atoms with E-state index in [0.29, 0.717) is 0 Å². The first-order valence-electron chi connectivity index (χ1n) is 6.02. The highest BCUT2D eigenvalue weighted by Crippen LogP contribution is 2.53. The number of ether oxygens (including phenoxy) is 1. The maximum absolute atomic E-state index is 13.2. The van der Waals surface area contributed by atoms with E-state index in [0.717, 1.165) is 0 Å². The van der Waals surface area contributed by atoms with E-state index in [2.05, 4.69) is 4.74 Å². The lowest BCUT2D eigenvalue weighted by atomic mass is 9.96. The summed E-state index contributed by atoms with van der Waals surface area (Å²) < 4.78 is 117. The molecule has 1 atom stereocenters. The molecular weight excluding hydrogens is 403 g/mol. The van der Waals surface area contributed by atoms with Crippen molar-refractivity contribution in [2.45, 2.75) is 42.7 Å². The number of ketones is 2. The molecule has 0 saturated carbocycles. The van der Waals surface area contributed by atoms with Gasteiger partial charge in [-0.15, -0.1) is 11.6 Å². The van der Waals surface area contributed by atoms with E-state index in [4.69, 9.17) is 11.6 Å². The average molecular weight is 411 g/mol. The first kappa shape index (κ1) is 23.5. The normalized spacial score (nSPS) is 14.8. The first-order chi connectivity index (χ1) is 10.9. The highest BCUT2D eigenvalue weighted by Gasteiger charge is 2.83. The Kier molecular flexibility index (Phi) is 6.93. The van der Waals surface area contributed by atoms with Crippen LogP contribution >= 0.6 is 11.6 Å². The number of carbonyl (C=O) groups excluding carboxylic acids is 3. The van der Waals surface area contributed by atoms with Crippen molar-refractivity contribution in [3.63, 3.8) is 0 Å². The number of alkyl halides is 10. The van der Waals surface area contributed by atoms with Gasteiger partial charge in [-0.25, -0.2) is 4.79 Å². The molecule has 0 aromatic heterocycles. The molecule has 0 heterocycles. The summed E-state index contributed by atoms with van der Waals surface area (Å²) in [5.74, 6) is -27.8. The zero-order valence-corrected chi connectivity index (χ0v) is 12.7. The molecule has 25 heavy (non-hydrogen) atoms. The van der Waals surface area contributed by atoms with Crippen LogP contribution in [-0.2, 0) is 19.1 Å². The summed E-state index contributed by atoms with van der Waals surface area (Å²) in [7, 11) is 0. The van der Waals surface area contributed by atoms with Crippen LogP contribution in [0.3, 0.4) is 0 Å². The molecule has 14 heteroatoms. The molecule has 1 unspecified atom stereocenters.